The number of carbonyl (C=O) groups is 1. The van der Waals surface area contributed by atoms with Gasteiger partial charge in [-0.1, -0.05) is 18.2 Å². The lowest BCUT2D eigenvalue weighted by molar-refractivity contribution is -0.142. The van der Waals surface area contributed by atoms with E-state index in [0.29, 0.717) is 10.4 Å². The van der Waals surface area contributed by atoms with Crippen LogP contribution in [-0.4, -0.2) is 28.8 Å². The molecule has 0 aliphatic carbocycles. The number of rotatable bonds is 7. The van der Waals surface area contributed by atoms with Crippen molar-refractivity contribution in [3.63, 3.8) is 0 Å². The van der Waals surface area contributed by atoms with Crippen LogP contribution in [0.15, 0.2) is 53.6 Å². The summed E-state index contributed by atoms with van der Waals surface area (Å²) in [6, 6.07) is 9.68. The molecule has 12 heteroatoms. The van der Waals surface area contributed by atoms with E-state index in [1.165, 1.54) is 59.3 Å². The van der Waals surface area contributed by atoms with E-state index in [0.717, 1.165) is 15.4 Å². The molecule has 0 radical (unpaired) electrons. The minimum atomic E-state index is -4.75. The van der Waals surface area contributed by atoms with Gasteiger partial charge in [0.15, 0.2) is 0 Å². The maximum atomic E-state index is 13.5. The Kier molecular flexibility index (Phi) is 7.22. The molecule has 0 aliphatic heterocycles. The van der Waals surface area contributed by atoms with E-state index in [2.05, 4.69) is 4.98 Å². The highest BCUT2D eigenvalue weighted by Gasteiger charge is 2.37. The van der Waals surface area contributed by atoms with Crippen LogP contribution in [0.3, 0.4) is 0 Å². The van der Waals surface area contributed by atoms with Crippen LogP contribution in [0, 0.1) is 13.8 Å². The van der Waals surface area contributed by atoms with Gasteiger partial charge >= 0.3 is 6.18 Å². The van der Waals surface area contributed by atoms with Gasteiger partial charge in [-0.25, -0.2) is 13.9 Å². The van der Waals surface area contributed by atoms with Crippen molar-refractivity contribution in [2.24, 2.45) is 0 Å². The highest BCUT2D eigenvalue weighted by atomic mass is 32.2. The molecule has 0 aliphatic rings. The van der Waals surface area contributed by atoms with Gasteiger partial charge in [0.25, 0.3) is 5.91 Å². The van der Waals surface area contributed by atoms with E-state index >= 15 is 0 Å². The molecule has 1 amide bonds. The van der Waals surface area contributed by atoms with E-state index in [1.807, 2.05) is 0 Å². The normalized spacial score (nSPS) is 12.2. The van der Waals surface area contributed by atoms with Crippen LogP contribution < -0.4 is 5.48 Å². The number of sulfonamides is 1. The lowest BCUT2D eigenvalue weighted by atomic mass is 10.1. The molecule has 0 saturated heterocycles. The predicted octanol–water partition coefficient (Wildman–Crippen LogP) is 4.29. The summed E-state index contributed by atoms with van der Waals surface area (Å²) in [6.07, 6.45) is -3.75. The number of hydrogen-bond acceptors (Lipinski definition) is 6. The van der Waals surface area contributed by atoms with Gasteiger partial charge in [0.2, 0.25) is 10.0 Å². The van der Waals surface area contributed by atoms with Crippen molar-refractivity contribution in [1.29, 1.82) is 0 Å². The number of hydrogen-bond donors (Lipinski definition) is 2. The summed E-state index contributed by atoms with van der Waals surface area (Å²) in [5.41, 5.74) is 0.625. The first-order chi connectivity index (χ1) is 15.4. The van der Waals surface area contributed by atoms with E-state index in [-0.39, 0.29) is 22.6 Å². The quantitative estimate of drug-likeness (QED) is 0.373. The van der Waals surface area contributed by atoms with E-state index in [1.54, 1.807) is 13.8 Å². The third-order valence-corrected chi connectivity index (χ3v) is 7.81. The summed E-state index contributed by atoms with van der Waals surface area (Å²) in [6.45, 7) is 2.58. The summed E-state index contributed by atoms with van der Waals surface area (Å²) >= 11 is 1.27. The van der Waals surface area contributed by atoms with Gasteiger partial charge in [-0.15, -0.1) is 11.3 Å². The summed E-state index contributed by atoms with van der Waals surface area (Å²) < 4.78 is 68.4. The molecular weight excluding hydrogens is 479 g/mol. The number of aryl methyl sites for hydroxylation is 2. The zero-order valence-corrected chi connectivity index (χ0v) is 19.2. The monoisotopic (exact) mass is 499 g/mol. The lowest BCUT2D eigenvalue weighted by Crippen LogP contribution is -2.31. The number of pyridine rings is 1. The molecule has 2 aromatic heterocycles. The van der Waals surface area contributed by atoms with Gasteiger partial charge < -0.3 is 0 Å². The molecule has 33 heavy (non-hydrogen) atoms. The zero-order chi connectivity index (χ0) is 24.4. The lowest BCUT2D eigenvalue weighted by Gasteiger charge is -2.24. The molecule has 2 N–H and O–H groups in total. The van der Waals surface area contributed by atoms with Crippen molar-refractivity contribution in [2.45, 2.75) is 38.0 Å². The number of amides is 1. The van der Waals surface area contributed by atoms with Crippen molar-refractivity contribution in [2.75, 3.05) is 0 Å². The Bertz CT molecular complexity index is 1260. The Morgan fingerprint density at radius 3 is 2.36 bits per heavy atom. The molecule has 0 saturated carbocycles. The number of nitrogens with one attached hydrogen (secondary N) is 1. The minimum absolute atomic E-state index is 0.0266. The number of thiophene rings is 1. The number of hydroxylamine groups is 1. The fourth-order valence-electron chi connectivity index (χ4n) is 3.27. The largest absolute Gasteiger partial charge is 0.433 e. The molecule has 0 bridgehead atoms. The zero-order valence-electron chi connectivity index (χ0n) is 17.5. The molecule has 0 fully saturated rings. The number of carbonyl (C=O) groups excluding carboxylic acids is 1. The summed E-state index contributed by atoms with van der Waals surface area (Å²) in [5, 5.41) is 8.74. The van der Waals surface area contributed by atoms with Crippen molar-refractivity contribution < 1.29 is 31.6 Å². The molecular formula is C21H20F3N3O4S2. The van der Waals surface area contributed by atoms with E-state index in [9.17, 15) is 26.4 Å². The van der Waals surface area contributed by atoms with E-state index in [4.69, 9.17) is 5.21 Å². The number of benzene rings is 1. The van der Waals surface area contributed by atoms with Crippen molar-refractivity contribution in [3.05, 3.63) is 80.8 Å². The Labute approximate surface area is 192 Å². The molecule has 176 valence electrons. The first-order valence-corrected chi connectivity index (χ1v) is 11.8. The molecule has 0 atom stereocenters. The summed E-state index contributed by atoms with van der Waals surface area (Å²) in [4.78, 5) is 16.2. The molecule has 0 unspecified atom stereocenters. The maximum Gasteiger partial charge on any atom is 0.433 e. The van der Waals surface area contributed by atoms with Crippen LogP contribution >= 0.6 is 11.3 Å². The number of aromatic nitrogens is 1. The van der Waals surface area contributed by atoms with Crippen LogP contribution in [-0.2, 0) is 29.3 Å². The molecule has 0 spiro atoms. The van der Waals surface area contributed by atoms with Gasteiger partial charge in [0.1, 0.15) is 5.69 Å². The number of halogens is 3. The number of nitrogens with zero attached hydrogens (tertiary/aromatic N) is 2. The third kappa shape index (κ3) is 5.58. The Hall–Kier alpha value is -2.80. The van der Waals surface area contributed by atoms with Crippen molar-refractivity contribution >= 4 is 27.3 Å². The Morgan fingerprint density at radius 1 is 1.15 bits per heavy atom. The SMILES string of the molecule is Cc1cc(S(=O)(=O)N(Cc2ccc(C(=O)NO)cc2)Cc2cccnc2C(F)(F)F)c(C)s1. The first kappa shape index (κ1) is 24.8. The van der Waals surface area contributed by atoms with Crippen LogP contribution in [0.2, 0.25) is 0 Å². The van der Waals surface area contributed by atoms with Crippen LogP contribution in [0.5, 0.6) is 0 Å². The van der Waals surface area contributed by atoms with E-state index < -0.39 is 34.3 Å². The average Bonchev–Trinajstić information content (AvgIpc) is 3.11. The standard InChI is InChI=1S/C21H20F3N3O4S2/c1-13-10-18(14(2)32-13)33(30,31)27(11-15-5-7-16(8-6-15)20(28)26-29)12-17-4-3-9-25-19(17)21(22,23)24/h3-10,29H,11-12H2,1-2H3,(H,26,28). The highest BCUT2D eigenvalue weighted by Crippen LogP contribution is 2.33. The van der Waals surface area contributed by atoms with Gasteiger partial charge in [0.05, 0.1) is 4.90 Å². The van der Waals surface area contributed by atoms with Crippen LogP contribution in [0.4, 0.5) is 13.2 Å². The third-order valence-electron chi connectivity index (χ3n) is 4.80. The molecule has 3 rings (SSSR count). The fraction of sp³-hybridized carbons (Fsp3) is 0.238. The molecule has 7 nitrogen and oxygen atoms in total. The topological polar surface area (TPSA) is 99.6 Å². The minimum Gasteiger partial charge on any atom is -0.288 e. The second-order valence-corrected chi connectivity index (χ2v) is 10.6. The van der Waals surface area contributed by atoms with Gasteiger partial charge in [-0.3, -0.25) is 15.0 Å². The van der Waals surface area contributed by atoms with Crippen molar-refractivity contribution in [1.82, 2.24) is 14.8 Å². The second kappa shape index (κ2) is 9.59. The Morgan fingerprint density at radius 2 is 1.82 bits per heavy atom. The Balaban J connectivity index is 2.04. The first-order valence-electron chi connectivity index (χ1n) is 9.55. The molecule has 2 heterocycles. The number of alkyl halides is 3. The average molecular weight is 500 g/mol. The van der Waals surface area contributed by atoms with Gasteiger partial charge in [-0.2, -0.15) is 17.5 Å². The summed E-state index contributed by atoms with van der Waals surface area (Å²) in [5.74, 6) is -0.749. The highest BCUT2D eigenvalue weighted by molar-refractivity contribution is 7.89. The van der Waals surface area contributed by atoms with Crippen LogP contribution in [0.25, 0.3) is 0 Å². The predicted molar refractivity (Wildman–Crippen MR) is 115 cm³/mol. The molecule has 3 aromatic rings. The van der Waals surface area contributed by atoms with Crippen molar-refractivity contribution in [3.8, 4) is 0 Å². The molecule has 1 aromatic carbocycles. The fourth-order valence-corrected chi connectivity index (χ4v) is 6.20. The smallest absolute Gasteiger partial charge is 0.288 e. The summed E-state index contributed by atoms with van der Waals surface area (Å²) in [7, 11) is -4.17. The second-order valence-electron chi connectivity index (χ2n) is 7.20. The van der Waals surface area contributed by atoms with Gasteiger partial charge in [-0.05, 0) is 49.2 Å². The maximum absolute atomic E-state index is 13.5. The van der Waals surface area contributed by atoms with Gasteiger partial charge in [0, 0.05) is 34.6 Å². The van der Waals surface area contributed by atoms with Crippen LogP contribution in [0.1, 0.15) is 36.9 Å².